The molecule has 42 heavy (non-hydrogen) atoms. The van der Waals surface area contributed by atoms with Gasteiger partial charge in [-0.1, -0.05) is 133 Å². The quantitative estimate of drug-likeness (QED) is 0.206. The van der Waals surface area contributed by atoms with E-state index in [4.69, 9.17) is 21.5 Å². The van der Waals surface area contributed by atoms with Crippen molar-refractivity contribution in [2.24, 2.45) is 0 Å². The first kappa shape index (κ1) is 25.1. The Labute approximate surface area is 244 Å². The molecule has 0 aliphatic carbocycles. The minimum absolute atomic E-state index is 0.640. The summed E-state index contributed by atoms with van der Waals surface area (Å²) in [6.07, 6.45) is 0. The van der Waals surface area contributed by atoms with Crippen molar-refractivity contribution in [3.8, 4) is 56.4 Å². The molecule has 4 heteroatoms. The lowest BCUT2D eigenvalue weighted by Gasteiger charge is -2.10. The van der Waals surface area contributed by atoms with Gasteiger partial charge in [-0.05, 0) is 45.2 Å². The lowest BCUT2D eigenvalue weighted by atomic mass is 9.97. The first-order chi connectivity index (χ1) is 20.7. The Morgan fingerprint density at radius 3 is 1.19 bits per heavy atom. The highest BCUT2D eigenvalue weighted by atomic mass is 15.0. The minimum Gasteiger partial charge on any atom is -0.238 e. The summed E-state index contributed by atoms with van der Waals surface area (Å²) in [4.78, 5) is 18.0. The highest BCUT2D eigenvalue weighted by molar-refractivity contribution is 5.91. The summed E-state index contributed by atoms with van der Waals surface area (Å²) in [6.45, 7) is 7.20. The lowest BCUT2D eigenvalue weighted by molar-refractivity contribution is 1.07. The minimum atomic E-state index is 0.640. The van der Waals surface area contributed by atoms with Crippen molar-refractivity contribution in [2.45, 2.75) is 0 Å². The van der Waals surface area contributed by atoms with Crippen LogP contribution < -0.4 is 0 Å². The molecule has 4 nitrogen and oxygen atoms in total. The Hall–Kier alpha value is -5.92. The summed E-state index contributed by atoms with van der Waals surface area (Å²) in [5.41, 5.74) is 7.97. The number of rotatable bonds is 5. The van der Waals surface area contributed by atoms with Crippen molar-refractivity contribution in [2.75, 3.05) is 0 Å². The smallest absolute Gasteiger partial charge is 0.187 e. The molecule has 0 spiro atoms. The Kier molecular flexibility index (Phi) is 6.52. The predicted molar refractivity (Wildman–Crippen MR) is 171 cm³/mol. The number of aromatic nitrogens is 3. The number of hydrogen-bond donors (Lipinski definition) is 0. The van der Waals surface area contributed by atoms with Crippen LogP contribution in [-0.2, 0) is 0 Å². The molecule has 0 bridgehead atoms. The number of fused-ring (bicyclic) bond motifs is 1. The van der Waals surface area contributed by atoms with Gasteiger partial charge in [-0.15, -0.1) is 0 Å². The molecule has 0 atom stereocenters. The van der Waals surface area contributed by atoms with E-state index in [2.05, 4.69) is 65.5 Å². The highest BCUT2D eigenvalue weighted by Gasteiger charge is 2.12. The van der Waals surface area contributed by atoms with E-state index >= 15 is 0 Å². The van der Waals surface area contributed by atoms with Crippen LogP contribution in [0.2, 0.25) is 0 Å². The van der Waals surface area contributed by atoms with Crippen molar-refractivity contribution in [3.05, 3.63) is 157 Å². The third kappa shape index (κ3) is 5.03. The van der Waals surface area contributed by atoms with Crippen molar-refractivity contribution in [1.29, 1.82) is 0 Å². The van der Waals surface area contributed by atoms with E-state index in [1.807, 2.05) is 84.9 Å². The van der Waals surface area contributed by atoms with Crippen LogP contribution in [0.1, 0.15) is 0 Å². The van der Waals surface area contributed by atoms with Gasteiger partial charge in [0, 0.05) is 16.7 Å². The summed E-state index contributed by atoms with van der Waals surface area (Å²) in [5.74, 6) is 1.94. The van der Waals surface area contributed by atoms with Gasteiger partial charge in [0.05, 0.1) is 6.57 Å². The molecular weight excluding hydrogens is 512 g/mol. The van der Waals surface area contributed by atoms with E-state index in [0.717, 1.165) is 38.9 Å². The average molecular weight is 537 g/mol. The van der Waals surface area contributed by atoms with Gasteiger partial charge in [-0.3, -0.25) is 0 Å². The van der Waals surface area contributed by atoms with Gasteiger partial charge in [0.15, 0.2) is 23.2 Å². The molecule has 0 radical (unpaired) electrons. The van der Waals surface area contributed by atoms with Gasteiger partial charge in [0.1, 0.15) is 0 Å². The van der Waals surface area contributed by atoms with Gasteiger partial charge in [-0.2, -0.15) is 0 Å². The van der Waals surface area contributed by atoms with E-state index in [9.17, 15) is 0 Å². The fourth-order valence-corrected chi connectivity index (χ4v) is 5.08. The molecule has 6 aromatic carbocycles. The molecule has 0 unspecified atom stereocenters. The monoisotopic (exact) mass is 536 g/mol. The maximum Gasteiger partial charge on any atom is 0.187 e. The fraction of sp³-hybridized carbons (Fsp3) is 0. The van der Waals surface area contributed by atoms with Gasteiger partial charge in [0.2, 0.25) is 0 Å². The second-order valence-electron chi connectivity index (χ2n) is 10.1. The largest absolute Gasteiger partial charge is 0.238 e. The van der Waals surface area contributed by atoms with Crippen LogP contribution in [0.15, 0.2) is 146 Å². The first-order valence-electron chi connectivity index (χ1n) is 13.7. The lowest BCUT2D eigenvalue weighted by Crippen LogP contribution is -2.00. The second-order valence-corrected chi connectivity index (χ2v) is 10.1. The van der Waals surface area contributed by atoms with Crippen LogP contribution in [0.4, 0.5) is 5.69 Å². The Morgan fingerprint density at radius 1 is 0.357 bits per heavy atom. The average Bonchev–Trinajstić information content (AvgIpc) is 3.08. The molecule has 7 aromatic rings. The fourth-order valence-electron chi connectivity index (χ4n) is 5.08. The van der Waals surface area contributed by atoms with Gasteiger partial charge >= 0.3 is 0 Å². The van der Waals surface area contributed by atoms with Crippen molar-refractivity contribution >= 4 is 16.5 Å². The van der Waals surface area contributed by atoms with E-state index < -0.39 is 0 Å². The van der Waals surface area contributed by atoms with Gasteiger partial charge < -0.3 is 0 Å². The summed E-state index contributed by atoms with van der Waals surface area (Å²) < 4.78 is 0. The Balaban J connectivity index is 1.24. The Bertz CT molecular complexity index is 2000. The molecule has 0 fully saturated rings. The van der Waals surface area contributed by atoms with Crippen LogP contribution in [-0.4, -0.2) is 15.0 Å². The van der Waals surface area contributed by atoms with Crippen molar-refractivity contribution < 1.29 is 0 Å². The Morgan fingerprint density at radius 2 is 0.738 bits per heavy atom. The second kappa shape index (κ2) is 10.9. The summed E-state index contributed by atoms with van der Waals surface area (Å²) in [5, 5.41) is 2.35. The van der Waals surface area contributed by atoms with Crippen LogP contribution in [0.5, 0.6) is 0 Å². The standard InChI is InChI=1S/C38H24N4/c1-39-35-22-20-27(21-23-35)33-19-15-28-14-18-32(24-34(28)25-33)26-12-16-31(17-13-26)38-41-36(29-8-4-2-5-9-29)40-37(42-38)30-10-6-3-7-11-30/h2-25H. The maximum absolute atomic E-state index is 7.20. The normalized spacial score (nSPS) is 10.8. The topological polar surface area (TPSA) is 43.0 Å². The van der Waals surface area contributed by atoms with Crippen molar-refractivity contribution in [1.82, 2.24) is 15.0 Å². The van der Waals surface area contributed by atoms with E-state index in [1.165, 1.54) is 10.8 Å². The van der Waals surface area contributed by atoms with Gasteiger partial charge in [-0.25, -0.2) is 19.8 Å². The first-order valence-corrected chi connectivity index (χ1v) is 13.7. The van der Waals surface area contributed by atoms with Crippen LogP contribution in [0.25, 0.3) is 72.0 Å². The number of hydrogen-bond acceptors (Lipinski definition) is 3. The molecule has 0 saturated carbocycles. The molecule has 0 N–H and O–H groups in total. The molecule has 7 rings (SSSR count). The van der Waals surface area contributed by atoms with E-state index in [1.54, 1.807) is 0 Å². The third-order valence-electron chi connectivity index (χ3n) is 7.35. The molecule has 0 saturated heterocycles. The third-order valence-corrected chi connectivity index (χ3v) is 7.35. The molecule has 0 aliphatic rings. The number of benzene rings is 6. The van der Waals surface area contributed by atoms with E-state index in [-0.39, 0.29) is 0 Å². The molecule has 1 heterocycles. The van der Waals surface area contributed by atoms with Crippen LogP contribution >= 0.6 is 0 Å². The van der Waals surface area contributed by atoms with Gasteiger partial charge in [0.25, 0.3) is 0 Å². The SMILES string of the molecule is [C-]#[N+]c1ccc(-c2ccc3ccc(-c4ccc(-c5nc(-c6ccccc6)nc(-c6ccccc6)n5)cc4)cc3c2)cc1. The zero-order valence-electron chi connectivity index (χ0n) is 22.6. The molecule has 196 valence electrons. The zero-order chi connectivity index (χ0) is 28.3. The van der Waals surface area contributed by atoms with Crippen LogP contribution in [0.3, 0.4) is 0 Å². The zero-order valence-corrected chi connectivity index (χ0v) is 22.6. The molecular formula is C38H24N4. The molecule has 1 aromatic heterocycles. The summed E-state index contributed by atoms with van der Waals surface area (Å²) >= 11 is 0. The summed E-state index contributed by atoms with van der Waals surface area (Å²) in [7, 11) is 0. The van der Waals surface area contributed by atoms with E-state index in [0.29, 0.717) is 23.2 Å². The summed E-state index contributed by atoms with van der Waals surface area (Å²) in [6, 6.07) is 49.2. The molecule has 0 aliphatic heterocycles. The molecule has 0 amide bonds. The van der Waals surface area contributed by atoms with Crippen molar-refractivity contribution in [3.63, 3.8) is 0 Å². The van der Waals surface area contributed by atoms with Crippen LogP contribution in [0, 0.1) is 6.57 Å². The predicted octanol–water partition coefficient (Wildman–Crippen LogP) is 9.91. The highest BCUT2D eigenvalue weighted by Crippen LogP contribution is 2.31. The maximum atomic E-state index is 7.20. The number of nitrogens with zero attached hydrogens (tertiary/aromatic N) is 4.